The van der Waals surface area contributed by atoms with E-state index in [1.807, 2.05) is 0 Å². The number of piperidine rings is 1. The van der Waals surface area contributed by atoms with Crippen LogP contribution in [-0.2, 0) is 4.79 Å². The van der Waals surface area contributed by atoms with Crippen LogP contribution in [0.1, 0.15) is 51.4 Å². The first-order valence-electron chi connectivity index (χ1n) is 10.7. The lowest BCUT2D eigenvalue weighted by molar-refractivity contribution is -0.135. The minimum atomic E-state index is 0.181. The minimum absolute atomic E-state index is 0.181. The van der Waals surface area contributed by atoms with Gasteiger partial charge in [0.05, 0.1) is 5.92 Å². The highest BCUT2D eigenvalue weighted by Gasteiger charge is 2.29. The fraction of sp³-hybridized carbons (Fsp3) is 0.682. The third-order valence-corrected chi connectivity index (χ3v) is 6.37. The monoisotopic (exact) mass is 355 g/mol. The second-order valence-electron chi connectivity index (χ2n) is 8.24. The van der Waals surface area contributed by atoms with Crippen LogP contribution in [0.4, 0.5) is 11.4 Å². The van der Waals surface area contributed by atoms with E-state index in [-0.39, 0.29) is 5.92 Å². The van der Waals surface area contributed by atoms with Gasteiger partial charge in [0, 0.05) is 50.6 Å². The first-order chi connectivity index (χ1) is 12.8. The van der Waals surface area contributed by atoms with Crippen LogP contribution in [0.3, 0.4) is 0 Å². The molecule has 4 rings (SSSR count). The molecule has 1 unspecified atom stereocenters. The van der Waals surface area contributed by atoms with E-state index >= 15 is 0 Å². The summed E-state index contributed by atoms with van der Waals surface area (Å²) in [5.74, 6) is 0.588. The molecule has 3 aliphatic heterocycles. The summed E-state index contributed by atoms with van der Waals surface area (Å²) in [4.78, 5) is 20.1. The van der Waals surface area contributed by atoms with Crippen molar-refractivity contribution < 1.29 is 4.79 Å². The molecule has 4 heteroatoms. The molecule has 26 heavy (non-hydrogen) atoms. The third kappa shape index (κ3) is 3.99. The molecule has 3 saturated heterocycles. The first kappa shape index (κ1) is 17.7. The Balaban J connectivity index is 1.38. The quantitative estimate of drug-likeness (QED) is 0.822. The van der Waals surface area contributed by atoms with Crippen molar-refractivity contribution in [1.82, 2.24) is 4.90 Å². The van der Waals surface area contributed by atoms with Crippen molar-refractivity contribution in [1.29, 1.82) is 0 Å². The summed E-state index contributed by atoms with van der Waals surface area (Å²) in [7, 11) is 0. The van der Waals surface area contributed by atoms with Crippen molar-refractivity contribution in [3.63, 3.8) is 0 Å². The van der Waals surface area contributed by atoms with Crippen LogP contribution in [0.25, 0.3) is 0 Å². The van der Waals surface area contributed by atoms with Crippen LogP contribution < -0.4 is 9.80 Å². The summed E-state index contributed by atoms with van der Waals surface area (Å²) in [6, 6.07) is 9.04. The van der Waals surface area contributed by atoms with Crippen molar-refractivity contribution in [2.75, 3.05) is 49.1 Å². The van der Waals surface area contributed by atoms with Crippen LogP contribution in [-0.4, -0.2) is 50.1 Å². The highest BCUT2D eigenvalue weighted by Crippen LogP contribution is 2.28. The molecule has 142 valence electrons. The molecule has 0 bridgehead atoms. The van der Waals surface area contributed by atoms with Crippen LogP contribution in [0.2, 0.25) is 0 Å². The van der Waals surface area contributed by atoms with Crippen molar-refractivity contribution in [2.24, 2.45) is 5.92 Å². The molecule has 0 radical (unpaired) electrons. The van der Waals surface area contributed by atoms with E-state index in [0.29, 0.717) is 5.91 Å². The van der Waals surface area contributed by atoms with E-state index in [9.17, 15) is 4.79 Å². The molecule has 1 amide bonds. The molecule has 4 nitrogen and oxygen atoms in total. The van der Waals surface area contributed by atoms with Crippen LogP contribution in [0, 0.1) is 5.92 Å². The van der Waals surface area contributed by atoms with Gasteiger partial charge in [-0.1, -0.05) is 12.8 Å². The summed E-state index contributed by atoms with van der Waals surface area (Å²) in [5.41, 5.74) is 2.63. The van der Waals surface area contributed by atoms with E-state index < -0.39 is 0 Å². The van der Waals surface area contributed by atoms with Gasteiger partial charge >= 0.3 is 0 Å². The molecule has 0 aromatic heterocycles. The smallest absolute Gasteiger partial charge is 0.227 e. The Morgan fingerprint density at radius 1 is 0.692 bits per heavy atom. The Labute approximate surface area is 158 Å². The van der Waals surface area contributed by atoms with E-state index in [4.69, 9.17) is 0 Å². The van der Waals surface area contributed by atoms with Gasteiger partial charge in [-0.3, -0.25) is 4.79 Å². The molecular weight excluding hydrogens is 322 g/mol. The third-order valence-electron chi connectivity index (χ3n) is 6.37. The maximum absolute atomic E-state index is 13.0. The standard InChI is InChI=1S/C22H33N3O/c26-22(24-15-3-1-2-4-16-24)19-8-7-17-25(18-19)21-11-9-20(10-12-21)23-13-5-6-14-23/h9-12,19H,1-8,13-18H2. The van der Waals surface area contributed by atoms with Crippen molar-refractivity contribution in [3.8, 4) is 0 Å². The number of rotatable bonds is 3. The van der Waals surface area contributed by atoms with Gasteiger partial charge < -0.3 is 14.7 Å². The lowest BCUT2D eigenvalue weighted by Crippen LogP contribution is -2.45. The predicted molar refractivity (Wildman–Crippen MR) is 108 cm³/mol. The molecule has 0 aliphatic carbocycles. The van der Waals surface area contributed by atoms with Crippen LogP contribution in [0.5, 0.6) is 0 Å². The average molecular weight is 356 g/mol. The Kier molecular flexibility index (Phi) is 5.66. The lowest BCUT2D eigenvalue weighted by atomic mass is 9.95. The molecule has 0 N–H and O–H groups in total. The van der Waals surface area contributed by atoms with Crippen LogP contribution in [0.15, 0.2) is 24.3 Å². The van der Waals surface area contributed by atoms with Gasteiger partial charge in [-0.25, -0.2) is 0 Å². The van der Waals surface area contributed by atoms with Crippen molar-refractivity contribution in [2.45, 2.75) is 51.4 Å². The Bertz CT molecular complexity index is 586. The summed E-state index contributed by atoms with van der Waals surface area (Å²) in [5, 5.41) is 0. The molecular formula is C22H33N3O. The Morgan fingerprint density at radius 3 is 1.88 bits per heavy atom. The molecule has 1 atom stereocenters. The van der Waals surface area contributed by atoms with E-state index in [1.165, 1.54) is 63.0 Å². The van der Waals surface area contributed by atoms with Gasteiger partial charge in [0.15, 0.2) is 0 Å². The molecule has 3 fully saturated rings. The number of amides is 1. The normalized spacial score (nSPS) is 24.6. The molecule has 3 heterocycles. The number of benzene rings is 1. The van der Waals surface area contributed by atoms with E-state index in [0.717, 1.165) is 39.0 Å². The number of hydrogen-bond acceptors (Lipinski definition) is 3. The molecule has 0 spiro atoms. The zero-order chi connectivity index (χ0) is 17.8. The second-order valence-corrected chi connectivity index (χ2v) is 8.24. The van der Waals surface area contributed by atoms with Crippen LogP contribution >= 0.6 is 0 Å². The lowest BCUT2D eigenvalue weighted by Gasteiger charge is -2.36. The van der Waals surface area contributed by atoms with Gasteiger partial charge in [-0.05, 0) is 62.8 Å². The number of carbonyl (C=O) groups is 1. The molecule has 3 aliphatic rings. The fourth-order valence-electron chi connectivity index (χ4n) is 4.81. The number of likely N-dealkylation sites (tertiary alicyclic amines) is 1. The first-order valence-corrected chi connectivity index (χ1v) is 10.7. The summed E-state index contributed by atoms with van der Waals surface area (Å²) >= 11 is 0. The number of anilines is 2. The van der Waals surface area contributed by atoms with Gasteiger partial charge in [0.25, 0.3) is 0 Å². The highest BCUT2D eigenvalue weighted by molar-refractivity contribution is 5.80. The fourth-order valence-corrected chi connectivity index (χ4v) is 4.81. The number of carbonyl (C=O) groups excluding carboxylic acids is 1. The zero-order valence-electron chi connectivity index (χ0n) is 16.0. The topological polar surface area (TPSA) is 26.8 Å². The highest BCUT2D eigenvalue weighted by atomic mass is 16.2. The average Bonchev–Trinajstić information content (AvgIpc) is 3.10. The summed E-state index contributed by atoms with van der Waals surface area (Å²) in [6.45, 7) is 6.29. The molecule has 0 saturated carbocycles. The van der Waals surface area contributed by atoms with E-state index in [1.54, 1.807) is 0 Å². The predicted octanol–water partition coefficient (Wildman–Crippen LogP) is 3.91. The number of nitrogens with zero attached hydrogens (tertiary/aromatic N) is 3. The SMILES string of the molecule is O=C(C1CCCN(c2ccc(N3CCCC3)cc2)C1)N1CCCCCC1. The molecule has 1 aromatic rings. The van der Waals surface area contributed by atoms with Gasteiger partial charge in [-0.15, -0.1) is 0 Å². The van der Waals surface area contributed by atoms with Gasteiger partial charge in [0.1, 0.15) is 0 Å². The maximum atomic E-state index is 13.0. The number of hydrogen-bond donors (Lipinski definition) is 0. The minimum Gasteiger partial charge on any atom is -0.372 e. The Morgan fingerprint density at radius 2 is 1.23 bits per heavy atom. The van der Waals surface area contributed by atoms with Gasteiger partial charge in [-0.2, -0.15) is 0 Å². The van der Waals surface area contributed by atoms with Crippen molar-refractivity contribution >= 4 is 17.3 Å². The maximum Gasteiger partial charge on any atom is 0.227 e. The second kappa shape index (κ2) is 8.32. The Hall–Kier alpha value is -1.71. The summed E-state index contributed by atoms with van der Waals surface area (Å²) in [6.07, 6.45) is 9.73. The largest absolute Gasteiger partial charge is 0.372 e. The van der Waals surface area contributed by atoms with Gasteiger partial charge in [0.2, 0.25) is 5.91 Å². The summed E-state index contributed by atoms with van der Waals surface area (Å²) < 4.78 is 0. The zero-order valence-corrected chi connectivity index (χ0v) is 16.0. The van der Waals surface area contributed by atoms with Crippen molar-refractivity contribution in [3.05, 3.63) is 24.3 Å². The van der Waals surface area contributed by atoms with E-state index in [2.05, 4.69) is 39.0 Å². The molecule has 1 aromatic carbocycles.